The first kappa shape index (κ1) is 16.5. The van der Waals surface area contributed by atoms with Gasteiger partial charge in [-0.05, 0) is 44.0 Å². The summed E-state index contributed by atoms with van der Waals surface area (Å²) in [4.78, 5) is 27.8. The molecule has 0 aliphatic carbocycles. The highest BCUT2D eigenvalue weighted by Gasteiger charge is 2.51. The fourth-order valence-corrected chi connectivity index (χ4v) is 3.74. The molecule has 0 unspecified atom stereocenters. The Bertz CT molecular complexity index is 711. The standard InChI is InChI=1S/C18H22N4O2/c1-18(16(23)21(2)17(24)20-18)15-7-4-8-22(12-15)11-14-6-3-5-13(9-14)10-19/h3,5-6,9,15H,4,7-8,11-12H2,1-2H3,(H,20,24)/t15-,18+/m0/s1. The van der Waals surface area contributed by atoms with Gasteiger partial charge < -0.3 is 5.32 Å². The van der Waals surface area contributed by atoms with E-state index < -0.39 is 5.54 Å². The molecule has 1 aromatic carbocycles. The fraction of sp³-hybridized carbons (Fsp3) is 0.500. The summed E-state index contributed by atoms with van der Waals surface area (Å²) in [5.41, 5.74) is 0.936. The van der Waals surface area contributed by atoms with Crippen LogP contribution in [0.15, 0.2) is 24.3 Å². The molecule has 0 saturated carbocycles. The quantitative estimate of drug-likeness (QED) is 0.858. The number of benzene rings is 1. The van der Waals surface area contributed by atoms with Crippen molar-refractivity contribution in [1.82, 2.24) is 15.1 Å². The van der Waals surface area contributed by atoms with Crippen LogP contribution in [0, 0.1) is 17.2 Å². The summed E-state index contributed by atoms with van der Waals surface area (Å²) < 4.78 is 0. The number of amides is 3. The smallest absolute Gasteiger partial charge is 0.323 e. The van der Waals surface area contributed by atoms with Crippen LogP contribution in [-0.4, -0.2) is 47.4 Å². The molecule has 24 heavy (non-hydrogen) atoms. The average molecular weight is 326 g/mol. The number of imide groups is 1. The highest BCUT2D eigenvalue weighted by molar-refractivity contribution is 6.06. The molecule has 0 aromatic heterocycles. The summed E-state index contributed by atoms with van der Waals surface area (Å²) in [6.07, 6.45) is 1.91. The predicted molar refractivity (Wildman–Crippen MR) is 88.9 cm³/mol. The van der Waals surface area contributed by atoms with E-state index in [-0.39, 0.29) is 17.9 Å². The molecule has 2 atom stereocenters. The van der Waals surface area contributed by atoms with Gasteiger partial charge in [-0.3, -0.25) is 14.6 Å². The third-order valence-electron chi connectivity index (χ3n) is 5.20. The molecule has 2 heterocycles. The number of likely N-dealkylation sites (tertiary alicyclic amines) is 1. The van der Waals surface area contributed by atoms with Crippen molar-refractivity contribution in [2.24, 2.45) is 5.92 Å². The molecule has 1 aromatic rings. The van der Waals surface area contributed by atoms with Gasteiger partial charge in [-0.1, -0.05) is 12.1 Å². The van der Waals surface area contributed by atoms with Crippen LogP contribution >= 0.6 is 0 Å². The molecule has 6 nitrogen and oxygen atoms in total. The van der Waals surface area contributed by atoms with Crippen molar-refractivity contribution >= 4 is 11.9 Å². The van der Waals surface area contributed by atoms with E-state index in [9.17, 15) is 9.59 Å². The predicted octanol–water partition coefficient (Wildman–Crippen LogP) is 1.71. The largest absolute Gasteiger partial charge is 0.324 e. The molecular formula is C18H22N4O2. The van der Waals surface area contributed by atoms with Gasteiger partial charge in [0.2, 0.25) is 0 Å². The Morgan fingerprint density at radius 3 is 2.88 bits per heavy atom. The van der Waals surface area contributed by atoms with Crippen LogP contribution in [0.4, 0.5) is 4.79 Å². The van der Waals surface area contributed by atoms with Gasteiger partial charge in [-0.2, -0.15) is 5.26 Å². The van der Waals surface area contributed by atoms with Crippen LogP contribution in [0.1, 0.15) is 30.9 Å². The Kier molecular flexibility index (Phi) is 4.29. The molecule has 3 rings (SSSR count). The van der Waals surface area contributed by atoms with Crippen LogP contribution < -0.4 is 5.32 Å². The molecule has 0 bridgehead atoms. The molecule has 2 fully saturated rings. The van der Waals surface area contributed by atoms with E-state index in [2.05, 4.69) is 16.3 Å². The highest BCUT2D eigenvalue weighted by atomic mass is 16.2. The van der Waals surface area contributed by atoms with E-state index in [1.807, 2.05) is 25.1 Å². The number of nitrogens with one attached hydrogen (secondary N) is 1. The van der Waals surface area contributed by atoms with Crippen LogP contribution in [0.5, 0.6) is 0 Å². The Balaban J connectivity index is 1.72. The van der Waals surface area contributed by atoms with Crippen LogP contribution in [0.3, 0.4) is 0 Å². The Morgan fingerprint density at radius 1 is 1.42 bits per heavy atom. The van der Waals surface area contributed by atoms with E-state index in [0.717, 1.165) is 38.0 Å². The maximum Gasteiger partial charge on any atom is 0.324 e. The summed E-state index contributed by atoms with van der Waals surface area (Å²) >= 11 is 0. The molecule has 126 valence electrons. The van der Waals surface area contributed by atoms with Crippen molar-refractivity contribution in [3.63, 3.8) is 0 Å². The minimum atomic E-state index is -0.820. The summed E-state index contributed by atoms with van der Waals surface area (Å²) in [6.45, 7) is 4.30. The fourth-order valence-electron chi connectivity index (χ4n) is 3.74. The van der Waals surface area contributed by atoms with Crippen molar-refractivity contribution in [3.05, 3.63) is 35.4 Å². The Hall–Kier alpha value is -2.39. The summed E-state index contributed by atoms with van der Waals surface area (Å²) in [5, 5.41) is 11.9. The first-order valence-corrected chi connectivity index (χ1v) is 8.26. The van der Waals surface area contributed by atoms with Gasteiger partial charge >= 0.3 is 6.03 Å². The number of carbonyl (C=O) groups is 2. The zero-order valence-corrected chi connectivity index (χ0v) is 14.1. The normalized spacial score (nSPS) is 27.9. The zero-order valence-electron chi connectivity index (χ0n) is 14.1. The first-order valence-electron chi connectivity index (χ1n) is 8.26. The monoisotopic (exact) mass is 326 g/mol. The van der Waals surface area contributed by atoms with Crippen LogP contribution in [-0.2, 0) is 11.3 Å². The number of rotatable bonds is 3. The van der Waals surface area contributed by atoms with Gasteiger partial charge in [0.05, 0.1) is 11.6 Å². The van der Waals surface area contributed by atoms with E-state index in [1.165, 1.54) is 11.9 Å². The van der Waals surface area contributed by atoms with Gasteiger partial charge in [0.15, 0.2) is 0 Å². The SMILES string of the molecule is CN1C(=O)N[C@](C)([C@H]2CCCN(Cc3cccc(C#N)c3)C2)C1=O. The molecule has 2 aliphatic heterocycles. The Labute approximate surface area is 142 Å². The maximum atomic E-state index is 12.5. The van der Waals surface area contributed by atoms with Gasteiger partial charge in [0, 0.05) is 26.1 Å². The van der Waals surface area contributed by atoms with Gasteiger partial charge in [0.25, 0.3) is 5.91 Å². The number of piperidine rings is 1. The van der Waals surface area contributed by atoms with E-state index >= 15 is 0 Å². The van der Waals surface area contributed by atoms with Crippen molar-refractivity contribution < 1.29 is 9.59 Å². The lowest BCUT2D eigenvalue weighted by Gasteiger charge is -2.39. The lowest BCUT2D eigenvalue weighted by molar-refractivity contribution is -0.132. The number of urea groups is 1. The second kappa shape index (κ2) is 6.25. The molecule has 0 spiro atoms. The van der Waals surface area contributed by atoms with Gasteiger partial charge in [-0.25, -0.2) is 4.79 Å². The number of hydrogen-bond acceptors (Lipinski definition) is 4. The minimum absolute atomic E-state index is 0.0896. The number of nitrogens with zero attached hydrogens (tertiary/aromatic N) is 3. The summed E-state index contributed by atoms with van der Waals surface area (Å²) in [6, 6.07) is 9.46. The second-order valence-corrected chi connectivity index (χ2v) is 6.88. The third kappa shape index (κ3) is 2.87. The lowest BCUT2D eigenvalue weighted by Crippen LogP contribution is -2.55. The Morgan fingerprint density at radius 2 is 2.21 bits per heavy atom. The van der Waals surface area contributed by atoms with Crippen molar-refractivity contribution in [1.29, 1.82) is 5.26 Å². The number of nitriles is 1. The van der Waals surface area contributed by atoms with Crippen LogP contribution in [0.25, 0.3) is 0 Å². The van der Waals surface area contributed by atoms with E-state index in [4.69, 9.17) is 5.26 Å². The average Bonchev–Trinajstić information content (AvgIpc) is 2.79. The lowest BCUT2D eigenvalue weighted by atomic mass is 9.80. The van der Waals surface area contributed by atoms with Crippen molar-refractivity contribution in [2.45, 2.75) is 31.8 Å². The van der Waals surface area contributed by atoms with Crippen molar-refractivity contribution in [3.8, 4) is 6.07 Å². The van der Waals surface area contributed by atoms with Gasteiger partial charge in [0.1, 0.15) is 5.54 Å². The number of carbonyl (C=O) groups excluding carboxylic acids is 2. The zero-order chi connectivity index (χ0) is 17.3. The summed E-state index contributed by atoms with van der Waals surface area (Å²) in [5.74, 6) is -0.0578. The molecule has 1 N–H and O–H groups in total. The third-order valence-corrected chi connectivity index (χ3v) is 5.20. The van der Waals surface area contributed by atoms with Crippen LogP contribution in [0.2, 0.25) is 0 Å². The second-order valence-electron chi connectivity index (χ2n) is 6.88. The molecule has 2 saturated heterocycles. The highest BCUT2D eigenvalue weighted by Crippen LogP contribution is 2.32. The van der Waals surface area contributed by atoms with E-state index in [1.54, 1.807) is 6.07 Å². The molecular weight excluding hydrogens is 304 g/mol. The minimum Gasteiger partial charge on any atom is -0.323 e. The summed E-state index contributed by atoms with van der Waals surface area (Å²) in [7, 11) is 1.52. The molecule has 0 radical (unpaired) electrons. The van der Waals surface area contributed by atoms with E-state index in [0.29, 0.717) is 5.56 Å². The van der Waals surface area contributed by atoms with Crippen molar-refractivity contribution in [2.75, 3.05) is 20.1 Å². The molecule has 3 amide bonds. The van der Waals surface area contributed by atoms with Gasteiger partial charge in [-0.15, -0.1) is 0 Å². The molecule has 2 aliphatic rings. The number of likely N-dealkylation sites (N-methyl/N-ethyl adjacent to an activating group) is 1. The maximum absolute atomic E-state index is 12.5. The number of hydrogen-bond donors (Lipinski definition) is 1. The topological polar surface area (TPSA) is 76.4 Å². The molecule has 6 heteroatoms. The first-order chi connectivity index (χ1) is 11.4.